The lowest BCUT2D eigenvalue weighted by molar-refractivity contribution is -0.167. The molecule has 0 fully saturated rings. The molecule has 0 aliphatic carbocycles. The van der Waals surface area contributed by atoms with Gasteiger partial charge in [-0.1, -0.05) is 0 Å². The highest BCUT2D eigenvalue weighted by atomic mass is 16.6. The second-order valence-corrected chi connectivity index (χ2v) is 1.65. The summed E-state index contributed by atoms with van der Waals surface area (Å²) in [6.07, 6.45) is 0. The van der Waals surface area contributed by atoms with E-state index in [-0.39, 0.29) is 19.8 Å². The van der Waals surface area contributed by atoms with Crippen LogP contribution in [0.3, 0.4) is 0 Å². The zero-order valence-electron chi connectivity index (χ0n) is 6.33. The number of esters is 2. The summed E-state index contributed by atoms with van der Waals surface area (Å²) >= 11 is 0. The van der Waals surface area contributed by atoms with Crippen molar-refractivity contribution in [2.24, 2.45) is 5.73 Å². The van der Waals surface area contributed by atoms with E-state index >= 15 is 0 Å². The smallest absolute Gasteiger partial charge is 0.417 e. The van der Waals surface area contributed by atoms with Crippen molar-refractivity contribution >= 4 is 11.9 Å². The van der Waals surface area contributed by atoms with Gasteiger partial charge in [0.1, 0.15) is 6.61 Å². The summed E-state index contributed by atoms with van der Waals surface area (Å²) in [5, 5.41) is 0. The Hall–Kier alpha value is -1.10. The topological polar surface area (TPSA) is 78.6 Å². The average Bonchev–Trinajstić information content (AvgIpc) is 2.00. The van der Waals surface area contributed by atoms with Crippen molar-refractivity contribution in [3.05, 3.63) is 0 Å². The third-order valence-electron chi connectivity index (χ3n) is 0.793. The molecule has 0 saturated carbocycles. The fraction of sp³-hybridized carbons (Fsp3) is 0.667. The maximum Gasteiger partial charge on any atom is 0.417 e. The Balaban J connectivity index is 3.56. The van der Waals surface area contributed by atoms with Crippen LogP contribution >= 0.6 is 0 Å². The SMILES string of the molecule is CCOC(=O)C(=O)OCCN. The molecule has 0 aromatic rings. The van der Waals surface area contributed by atoms with E-state index in [1.54, 1.807) is 6.92 Å². The van der Waals surface area contributed by atoms with Crippen molar-refractivity contribution in [1.29, 1.82) is 0 Å². The largest absolute Gasteiger partial charge is 0.458 e. The fourth-order valence-corrected chi connectivity index (χ4v) is 0.401. The number of carbonyl (C=O) groups is 2. The molecular formula is C6H11NO4. The highest BCUT2D eigenvalue weighted by Gasteiger charge is 2.15. The van der Waals surface area contributed by atoms with Gasteiger partial charge in [-0.05, 0) is 6.92 Å². The molecule has 0 unspecified atom stereocenters. The van der Waals surface area contributed by atoms with Crippen molar-refractivity contribution in [3.8, 4) is 0 Å². The second kappa shape index (κ2) is 5.67. The molecule has 0 heterocycles. The van der Waals surface area contributed by atoms with E-state index in [9.17, 15) is 9.59 Å². The molecule has 0 rings (SSSR count). The van der Waals surface area contributed by atoms with Gasteiger partial charge in [0, 0.05) is 6.54 Å². The first kappa shape index (κ1) is 9.90. The summed E-state index contributed by atoms with van der Waals surface area (Å²) in [4.78, 5) is 21.1. The van der Waals surface area contributed by atoms with Crippen molar-refractivity contribution in [1.82, 2.24) is 0 Å². The molecule has 0 aromatic heterocycles. The number of carbonyl (C=O) groups excluding carboxylic acids is 2. The van der Waals surface area contributed by atoms with Gasteiger partial charge < -0.3 is 15.2 Å². The van der Waals surface area contributed by atoms with Crippen LogP contribution in [0.4, 0.5) is 0 Å². The van der Waals surface area contributed by atoms with E-state index in [0.717, 1.165) is 0 Å². The zero-order chi connectivity index (χ0) is 8.69. The molecule has 64 valence electrons. The highest BCUT2D eigenvalue weighted by molar-refractivity contribution is 6.29. The third-order valence-corrected chi connectivity index (χ3v) is 0.793. The molecule has 0 atom stereocenters. The van der Waals surface area contributed by atoms with Gasteiger partial charge in [-0.15, -0.1) is 0 Å². The van der Waals surface area contributed by atoms with Gasteiger partial charge in [0.25, 0.3) is 0 Å². The van der Waals surface area contributed by atoms with Gasteiger partial charge >= 0.3 is 11.9 Å². The van der Waals surface area contributed by atoms with Gasteiger partial charge in [0.05, 0.1) is 6.61 Å². The molecule has 0 saturated heterocycles. The molecule has 5 nitrogen and oxygen atoms in total. The van der Waals surface area contributed by atoms with E-state index in [4.69, 9.17) is 5.73 Å². The van der Waals surface area contributed by atoms with Crippen LogP contribution in [0, 0.1) is 0 Å². The number of nitrogens with two attached hydrogens (primary N) is 1. The molecule has 0 spiro atoms. The van der Waals surface area contributed by atoms with Crippen LogP contribution in [0.15, 0.2) is 0 Å². The van der Waals surface area contributed by atoms with Crippen LogP contribution in [-0.2, 0) is 19.1 Å². The standard InChI is InChI=1S/C6H11NO4/c1-2-10-5(8)6(9)11-4-3-7/h2-4,7H2,1H3. The summed E-state index contributed by atoms with van der Waals surface area (Å²) in [7, 11) is 0. The minimum atomic E-state index is -0.989. The van der Waals surface area contributed by atoms with Crippen molar-refractivity contribution in [2.45, 2.75) is 6.92 Å². The van der Waals surface area contributed by atoms with Crippen molar-refractivity contribution in [2.75, 3.05) is 19.8 Å². The molecular weight excluding hydrogens is 150 g/mol. The van der Waals surface area contributed by atoms with Gasteiger partial charge in [-0.3, -0.25) is 0 Å². The highest BCUT2D eigenvalue weighted by Crippen LogP contribution is 1.82. The monoisotopic (exact) mass is 161 g/mol. The Morgan fingerprint density at radius 2 is 1.82 bits per heavy atom. The second-order valence-electron chi connectivity index (χ2n) is 1.65. The van der Waals surface area contributed by atoms with E-state index in [2.05, 4.69) is 9.47 Å². The lowest BCUT2D eigenvalue weighted by atomic mass is 10.6. The summed E-state index contributed by atoms with van der Waals surface area (Å²) in [5.41, 5.74) is 5.02. The quantitative estimate of drug-likeness (QED) is 0.426. The zero-order valence-corrected chi connectivity index (χ0v) is 6.33. The maximum absolute atomic E-state index is 10.5. The molecule has 5 heteroatoms. The Morgan fingerprint density at radius 1 is 1.27 bits per heavy atom. The predicted octanol–water partition coefficient (Wildman–Crippen LogP) is -0.949. The van der Waals surface area contributed by atoms with E-state index in [0.29, 0.717) is 0 Å². The van der Waals surface area contributed by atoms with Gasteiger partial charge in [0.2, 0.25) is 0 Å². The van der Waals surface area contributed by atoms with Gasteiger partial charge in [-0.2, -0.15) is 0 Å². The Kier molecular flexibility index (Phi) is 5.10. The van der Waals surface area contributed by atoms with E-state index in [1.807, 2.05) is 0 Å². The summed E-state index contributed by atoms with van der Waals surface area (Å²) in [6, 6.07) is 0. The Bertz CT molecular complexity index is 146. The maximum atomic E-state index is 10.5. The normalized spacial score (nSPS) is 8.91. The third kappa shape index (κ3) is 4.32. The Labute approximate surface area is 64.5 Å². The van der Waals surface area contributed by atoms with E-state index < -0.39 is 11.9 Å². The molecule has 0 amide bonds. The summed E-state index contributed by atoms with van der Waals surface area (Å²) in [5.74, 6) is -1.96. The van der Waals surface area contributed by atoms with Crippen LogP contribution in [0.25, 0.3) is 0 Å². The number of ether oxygens (including phenoxy) is 2. The van der Waals surface area contributed by atoms with E-state index in [1.165, 1.54) is 0 Å². The molecule has 0 aliphatic heterocycles. The van der Waals surface area contributed by atoms with Crippen LogP contribution < -0.4 is 5.73 Å². The minimum absolute atomic E-state index is 0.0393. The van der Waals surface area contributed by atoms with Gasteiger partial charge in [-0.25, -0.2) is 9.59 Å². The Morgan fingerprint density at radius 3 is 2.27 bits per heavy atom. The fourth-order valence-electron chi connectivity index (χ4n) is 0.401. The van der Waals surface area contributed by atoms with Crippen LogP contribution in [-0.4, -0.2) is 31.7 Å². The lowest BCUT2D eigenvalue weighted by Crippen LogP contribution is -2.23. The molecule has 0 aliphatic rings. The molecule has 11 heavy (non-hydrogen) atoms. The van der Waals surface area contributed by atoms with Crippen molar-refractivity contribution < 1.29 is 19.1 Å². The van der Waals surface area contributed by atoms with Crippen LogP contribution in [0.2, 0.25) is 0 Å². The van der Waals surface area contributed by atoms with Crippen LogP contribution in [0.5, 0.6) is 0 Å². The van der Waals surface area contributed by atoms with Gasteiger partial charge in [0.15, 0.2) is 0 Å². The minimum Gasteiger partial charge on any atom is -0.458 e. The number of rotatable bonds is 3. The first-order chi connectivity index (χ1) is 5.22. The predicted molar refractivity (Wildman–Crippen MR) is 36.6 cm³/mol. The molecule has 0 bridgehead atoms. The number of hydrogen-bond acceptors (Lipinski definition) is 5. The molecule has 0 radical (unpaired) electrons. The van der Waals surface area contributed by atoms with Crippen molar-refractivity contribution in [3.63, 3.8) is 0 Å². The summed E-state index contributed by atoms with van der Waals surface area (Å²) in [6.45, 7) is 2.01. The number of hydrogen-bond donors (Lipinski definition) is 1. The molecule has 2 N–H and O–H groups in total. The summed E-state index contributed by atoms with van der Waals surface area (Å²) < 4.78 is 8.71. The lowest BCUT2D eigenvalue weighted by Gasteiger charge is -2.00. The first-order valence-electron chi connectivity index (χ1n) is 3.26. The first-order valence-corrected chi connectivity index (χ1v) is 3.26. The molecule has 0 aromatic carbocycles. The van der Waals surface area contributed by atoms with Crippen LogP contribution in [0.1, 0.15) is 6.92 Å². The average molecular weight is 161 g/mol.